The van der Waals surface area contributed by atoms with Crippen molar-refractivity contribution in [3.05, 3.63) is 16.1 Å². The Morgan fingerprint density at radius 3 is 2.82 bits per heavy atom. The number of rotatable bonds is 2. The molecule has 2 saturated heterocycles. The minimum atomic E-state index is 0.273. The first kappa shape index (κ1) is 11.4. The van der Waals surface area contributed by atoms with E-state index in [2.05, 4.69) is 10.3 Å². The second-order valence-electron chi connectivity index (χ2n) is 4.55. The lowest BCUT2D eigenvalue weighted by Gasteiger charge is -2.21. The average molecular weight is 274 g/mol. The maximum Gasteiger partial charge on any atom is 0.147 e. The van der Waals surface area contributed by atoms with Crippen molar-refractivity contribution in [3.63, 3.8) is 0 Å². The highest BCUT2D eigenvalue weighted by Gasteiger charge is 2.41. The van der Waals surface area contributed by atoms with Crippen LogP contribution in [0.4, 0.5) is 11.6 Å². The summed E-state index contributed by atoms with van der Waals surface area (Å²) < 4.78 is 5.76. The van der Waals surface area contributed by atoms with Gasteiger partial charge >= 0.3 is 0 Å². The molecular weight excluding hydrogens is 261 g/mol. The number of nitrogens with zero attached hydrogens (tertiary/aromatic N) is 1. The van der Waals surface area contributed by atoms with Gasteiger partial charge in [0, 0.05) is 0 Å². The summed E-state index contributed by atoms with van der Waals surface area (Å²) in [7, 11) is 0. The number of ether oxygens (including phenoxy) is 1. The monoisotopic (exact) mass is 273 g/mol. The third-order valence-corrected chi connectivity index (χ3v) is 3.98. The number of nitrogens with two attached hydrogens (primary N) is 1. The van der Waals surface area contributed by atoms with E-state index in [-0.39, 0.29) is 12.1 Å². The van der Waals surface area contributed by atoms with E-state index < -0.39 is 0 Å². The molecule has 4 nitrogen and oxygen atoms in total. The van der Waals surface area contributed by atoms with Crippen LogP contribution in [-0.2, 0) is 4.74 Å². The summed E-state index contributed by atoms with van der Waals surface area (Å²) in [4.78, 5) is 4.17. The summed E-state index contributed by atoms with van der Waals surface area (Å²) >= 11 is 11.9. The number of hydrogen-bond donors (Lipinski definition) is 2. The van der Waals surface area contributed by atoms with Crippen molar-refractivity contribution in [1.82, 2.24) is 4.98 Å². The van der Waals surface area contributed by atoms with Gasteiger partial charge in [0.2, 0.25) is 0 Å². The zero-order chi connectivity index (χ0) is 12.0. The Kier molecular flexibility index (Phi) is 2.81. The van der Waals surface area contributed by atoms with E-state index in [4.69, 9.17) is 33.7 Å². The topological polar surface area (TPSA) is 60.2 Å². The van der Waals surface area contributed by atoms with Crippen LogP contribution in [0.15, 0.2) is 6.07 Å². The van der Waals surface area contributed by atoms with Gasteiger partial charge in [-0.05, 0) is 25.3 Å². The SMILES string of the molecule is Nc1nc(NC2CC3CCC2O3)c(Cl)cc1Cl. The molecule has 6 heteroatoms. The van der Waals surface area contributed by atoms with Crippen LogP contribution in [0.2, 0.25) is 10.0 Å². The summed E-state index contributed by atoms with van der Waals surface area (Å²) in [6.07, 6.45) is 3.93. The van der Waals surface area contributed by atoms with Crippen molar-refractivity contribution < 1.29 is 4.74 Å². The fraction of sp³-hybridized carbons (Fsp3) is 0.545. The molecule has 2 bridgehead atoms. The van der Waals surface area contributed by atoms with Crippen molar-refractivity contribution >= 4 is 34.8 Å². The molecule has 0 aromatic carbocycles. The Balaban J connectivity index is 1.79. The first-order chi connectivity index (χ1) is 8.13. The number of aromatic nitrogens is 1. The van der Waals surface area contributed by atoms with Gasteiger partial charge in [-0.1, -0.05) is 23.2 Å². The van der Waals surface area contributed by atoms with Crippen LogP contribution in [0, 0.1) is 0 Å². The first-order valence-corrected chi connectivity index (χ1v) is 6.42. The summed E-state index contributed by atoms with van der Waals surface area (Å²) in [5.74, 6) is 0.886. The number of fused-ring (bicyclic) bond motifs is 2. The molecule has 0 radical (unpaired) electrons. The van der Waals surface area contributed by atoms with Gasteiger partial charge < -0.3 is 15.8 Å². The van der Waals surface area contributed by atoms with Crippen molar-refractivity contribution in [2.75, 3.05) is 11.1 Å². The van der Waals surface area contributed by atoms with Gasteiger partial charge in [-0.15, -0.1) is 0 Å². The molecule has 1 aromatic rings. The van der Waals surface area contributed by atoms with E-state index in [9.17, 15) is 0 Å². The molecule has 2 aliphatic heterocycles. The number of hydrogen-bond acceptors (Lipinski definition) is 4. The van der Waals surface area contributed by atoms with Crippen LogP contribution in [-0.4, -0.2) is 23.2 Å². The van der Waals surface area contributed by atoms with Crippen LogP contribution in [0.3, 0.4) is 0 Å². The van der Waals surface area contributed by atoms with Crippen molar-refractivity contribution in [2.24, 2.45) is 0 Å². The van der Waals surface area contributed by atoms with Crippen LogP contribution in [0.5, 0.6) is 0 Å². The molecule has 3 unspecified atom stereocenters. The number of halogens is 2. The molecule has 2 aliphatic rings. The summed E-state index contributed by atoms with van der Waals surface area (Å²) in [5.41, 5.74) is 5.67. The highest BCUT2D eigenvalue weighted by atomic mass is 35.5. The predicted octanol–water partition coefficient (Wildman–Crippen LogP) is 2.70. The predicted molar refractivity (Wildman–Crippen MR) is 68.6 cm³/mol. The highest BCUT2D eigenvalue weighted by Crippen LogP contribution is 2.37. The van der Waals surface area contributed by atoms with E-state index in [0.29, 0.717) is 27.8 Å². The molecule has 0 aliphatic carbocycles. The Labute approximate surface area is 109 Å². The lowest BCUT2D eigenvalue weighted by molar-refractivity contribution is 0.102. The van der Waals surface area contributed by atoms with Gasteiger partial charge in [0.15, 0.2) is 0 Å². The molecule has 92 valence electrons. The smallest absolute Gasteiger partial charge is 0.147 e. The Morgan fingerprint density at radius 1 is 1.35 bits per heavy atom. The maximum atomic E-state index is 6.08. The van der Waals surface area contributed by atoms with Crippen molar-refractivity contribution in [3.8, 4) is 0 Å². The molecule has 2 fully saturated rings. The second-order valence-corrected chi connectivity index (χ2v) is 5.36. The number of nitrogen functional groups attached to an aromatic ring is 1. The molecule has 0 amide bonds. The van der Waals surface area contributed by atoms with E-state index in [1.54, 1.807) is 6.07 Å². The third-order valence-electron chi connectivity index (χ3n) is 3.38. The Hall–Kier alpha value is -0.710. The molecule has 3 heterocycles. The lowest BCUT2D eigenvalue weighted by atomic mass is 9.95. The number of pyridine rings is 1. The van der Waals surface area contributed by atoms with Crippen LogP contribution < -0.4 is 11.1 Å². The lowest BCUT2D eigenvalue weighted by Crippen LogP contribution is -2.31. The first-order valence-electron chi connectivity index (χ1n) is 5.67. The fourth-order valence-electron chi connectivity index (χ4n) is 2.55. The molecule has 0 saturated carbocycles. The maximum absolute atomic E-state index is 6.08. The van der Waals surface area contributed by atoms with E-state index in [1.165, 1.54) is 0 Å². The normalized spacial score (nSPS) is 30.8. The largest absolute Gasteiger partial charge is 0.382 e. The zero-order valence-electron chi connectivity index (χ0n) is 9.12. The number of anilines is 2. The standard InChI is InChI=1S/C11H13Cl2N3O/c12-6-4-7(13)11(16-10(6)14)15-8-3-5-1-2-9(8)17-5/h4-5,8-9H,1-3H2,(H3,14,15,16). The van der Waals surface area contributed by atoms with Crippen molar-refractivity contribution in [1.29, 1.82) is 0 Å². The van der Waals surface area contributed by atoms with Crippen LogP contribution in [0.1, 0.15) is 19.3 Å². The van der Waals surface area contributed by atoms with E-state index >= 15 is 0 Å². The van der Waals surface area contributed by atoms with Crippen LogP contribution in [0.25, 0.3) is 0 Å². The summed E-state index contributed by atoms with van der Waals surface area (Å²) in [5, 5.41) is 4.17. The van der Waals surface area contributed by atoms with Gasteiger partial charge in [0.05, 0.1) is 28.3 Å². The Bertz CT molecular complexity index is 455. The van der Waals surface area contributed by atoms with Crippen LogP contribution >= 0.6 is 23.2 Å². The molecular formula is C11H13Cl2N3O. The minimum Gasteiger partial charge on any atom is -0.382 e. The molecule has 1 aromatic heterocycles. The van der Waals surface area contributed by atoms with Crippen molar-refractivity contribution in [2.45, 2.75) is 37.5 Å². The molecule has 3 N–H and O–H groups in total. The van der Waals surface area contributed by atoms with Gasteiger partial charge in [-0.2, -0.15) is 0 Å². The quantitative estimate of drug-likeness (QED) is 0.870. The summed E-state index contributed by atoms with van der Waals surface area (Å²) in [6.45, 7) is 0. The molecule has 0 spiro atoms. The fourth-order valence-corrected chi connectivity index (χ4v) is 2.96. The van der Waals surface area contributed by atoms with Gasteiger partial charge in [-0.25, -0.2) is 4.98 Å². The van der Waals surface area contributed by atoms with Gasteiger partial charge in [0.1, 0.15) is 11.6 Å². The molecule has 3 atom stereocenters. The highest BCUT2D eigenvalue weighted by molar-refractivity contribution is 6.37. The third kappa shape index (κ3) is 2.05. The minimum absolute atomic E-state index is 0.273. The zero-order valence-corrected chi connectivity index (χ0v) is 10.6. The van der Waals surface area contributed by atoms with E-state index in [0.717, 1.165) is 19.3 Å². The second kappa shape index (κ2) is 4.19. The average Bonchev–Trinajstić information content (AvgIpc) is 2.87. The van der Waals surface area contributed by atoms with Gasteiger partial charge in [-0.3, -0.25) is 0 Å². The van der Waals surface area contributed by atoms with E-state index in [1.807, 2.05) is 0 Å². The molecule has 17 heavy (non-hydrogen) atoms. The summed E-state index contributed by atoms with van der Waals surface area (Å²) in [6, 6.07) is 1.89. The van der Waals surface area contributed by atoms with Gasteiger partial charge in [0.25, 0.3) is 0 Å². The Morgan fingerprint density at radius 2 is 2.18 bits per heavy atom. The number of nitrogens with one attached hydrogen (secondary N) is 1. The molecule has 3 rings (SSSR count).